The third-order valence-electron chi connectivity index (χ3n) is 3.56. The molecule has 3 rings (SSSR count). The Hall–Kier alpha value is -0.820. The number of benzene rings is 1. The molecule has 1 aliphatic carbocycles. The number of thiophene rings is 1. The fourth-order valence-corrected chi connectivity index (χ4v) is 3.77. The molecule has 0 unspecified atom stereocenters. The van der Waals surface area contributed by atoms with Gasteiger partial charge in [0.15, 0.2) is 0 Å². The maximum Gasteiger partial charge on any atom is 0.0345 e. The summed E-state index contributed by atoms with van der Waals surface area (Å²) in [6, 6.07) is 8.84. The minimum Gasteiger partial charge on any atom is -0.144 e. The van der Waals surface area contributed by atoms with Gasteiger partial charge in [0, 0.05) is 4.70 Å². The van der Waals surface area contributed by atoms with Crippen LogP contribution in [0.25, 0.3) is 10.1 Å². The summed E-state index contributed by atoms with van der Waals surface area (Å²) in [4.78, 5) is 0. The van der Waals surface area contributed by atoms with Crippen LogP contribution in [0, 0.1) is 0 Å². The first-order chi connectivity index (χ1) is 7.45. The van der Waals surface area contributed by atoms with E-state index in [1.807, 2.05) is 11.3 Å². The summed E-state index contributed by atoms with van der Waals surface area (Å²) >= 11 is 1.91. The van der Waals surface area contributed by atoms with Crippen molar-refractivity contribution in [2.45, 2.75) is 38.0 Å². The van der Waals surface area contributed by atoms with Gasteiger partial charge in [-0.05, 0) is 41.2 Å². The van der Waals surface area contributed by atoms with Gasteiger partial charge in [-0.3, -0.25) is 0 Å². The van der Waals surface area contributed by atoms with Gasteiger partial charge in [0.2, 0.25) is 0 Å². The van der Waals surface area contributed by atoms with Crippen molar-refractivity contribution < 1.29 is 0 Å². The van der Waals surface area contributed by atoms with Gasteiger partial charge in [-0.1, -0.05) is 37.5 Å². The highest BCUT2D eigenvalue weighted by molar-refractivity contribution is 7.17. The fourth-order valence-electron chi connectivity index (χ4n) is 2.73. The second-order valence-electron chi connectivity index (χ2n) is 4.52. The van der Waals surface area contributed by atoms with E-state index in [0.29, 0.717) is 0 Å². The summed E-state index contributed by atoms with van der Waals surface area (Å²) in [5, 5.41) is 3.90. The molecular formula is C14H16S. The van der Waals surface area contributed by atoms with E-state index in [0.717, 1.165) is 5.92 Å². The van der Waals surface area contributed by atoms with Crippen LogP contribution < -0.4 is 0 Å². The van der Waals surface area contributed by atoms with Gasteiger partial charge in [0.25, 0.3) is 0 Å². The first kappa shape index (κ1) is 9.41. The van der Waals surface area contributed by atoms with Gasteiger partial charge >= 0.3 is 0 Å². The van der Waals surface area contributed by atoms with E-state index < -0.39 is 0 Å². The Balaban J connectivity index is 2.02. The van der Waals surface area contributed by atoms with Gasteiger partial charge in [0.1, 0.15) is 0 Å². The Bertz CT molecular complexity index is 449. The van der Waals surface area contributed by atoms with Crippen LogP contribution >= 0.6 is 11.3 Å². The molecule has 1 fully saturated rings. The van der Waals surface area contributed by atoms with Crippen molar-refractivity contribution in [2.24, 2.45) is 0 Å². The number of fused-ring (bicyclic) bond motifs is 1. The van der Waals surface area contributed by atoms with Crippen molar-refractivity contribution in [3.05, 3.63) is 35.2 Å². The first-order valence-corrected chi connectivity index (χ1v) is 6.79. The topological polar surface area (TPSA) is 0 Å². The molecule has 2 aromatic rings. The van der Waals surface area contributed by atoms with Crippen LogP contribution in [0.2, 0.25) is 0 Å². The lowest BCUT2D eigenvalue weighted by atomic mass is 9.84. The molecule has 0 spiro atoms. The van der Waals surface area contributed by atoms with Crippen LogP contribution in [0.3, 0.4) is 0 Å². The summed E-state index contributed by atoms with van der Waals surface area (Å²) in [6.07, 6.45) is 7.10. The Labute approximate surface area is 94.9 Å². The molecule has 0 N–H and O–H groups in total. The van der Waals surface area contributed by atoms with Gasteiger partial charge in [-0.2, -0.15) is 0 Å². The molecule has 0 radical (unpaired) electrons. The zero-order chi connectivity index (χ0) is 10.1. The maximum absolute atomic E-state index is 2.39. The third kappa shape index (κ3) is 1.69. The molecule has 0 atom stereocenters. The maximum atomic E-state index is 2.39. The molecule has 0 bridgehead atoms. The van der Waals surface area contributed by atoms with E-state index in [2.05, 4.69) is 29.6 Å². The quantitative estimate of drug-likeness (QED) is 0.632. The highest BCUT2D eigenvalue weighted by atomic mass is 32.1. The first-order valence-electron chi connectivity index (χ1n) is 5.91. The van der Waals surface area contributed by atoms with Gasteiger partial charge in [0.05, 0.1) is 0 Å². The van der Waals surface area contributed by atoms with E-state index in [1.54, 1.807) is 5.56 Å². The predicted molar refractivity (Wildman–Crippen MR) is 67.7 cm³/mol. The van der Waals surface area contributed by atoms with Crippen LogP contribution in [0.4, 0.5) is 0 Å². The number of hydrogen-bond acceptors (Lipinski definition) is 1. The minimum atomic E-state index is 0.842. The average Bonchev–Trinajstić information content (AvgIpc) is 2.74. The SMILES string of the molecule is c1ccc2c(C3CCCCC3)csc2c1. The van der Waals surface area contributed by atoms with E-state index in [1.165, 1.54) is 42.2 Å². The lowest BCUT2D eigenvalue weighted by Crippen LogP contribution is -2.03. The molecule has 1 heteroatoms. The second-order valence-corrected chi connectivity index (χ2v) is 5.43. The fraction of sp³-hybridized carbons (Fsp3) is 0.429. The molecule has 1 aromatic heterocycles. The van der Waals surface area contributed by atoms with E-state index in [4.69, 9.17) is 0 Å². The normalized spacial score (nSPS) is 18.4. The molecule has 0 saturated heterocycles. The van der Waals surface area contributed by atoms with Crippen molar-refractivity contribution in [3.8, 4) is 0 Å². The molecule has 1 saturated carbocycles. The molecule has 1 aliphatic rings. The summed E-state index contributed by atoms with van der Waals surface area (Å²) in [5.41, 5.74) is 1.62. The van der Waals surface area contributed by atoms with Crippen LogP contribution in [0.5, 0.6) is 0 Å². The smallest absolute Gasteiger partial charge is 0.0345 e. The van der Waals surface area contributed by atoms with E-state index in [-0.39, 0.29) is 0 Å². The van der Waals surface area contributed by atoms with Gasteiger partial charge in [-0.25, -0.2) is 0 Å². The molecule has 78 valence electrons. The van der Waals surface area contributed by atoms with Crippen LogP contribution in [-0.4, -0.2) is 0 Å². The summed E-state index contributed by atoms with van der Waals surface area (Å²) in [5.74, 6) is 0.842. The lowest BCUT2D eigenvalue weighted by molar-refractivity contribution is 0.446. The summed E-state index contributed by atoms with van der Waals surface area (Å²) in [6.45, 7) is 0. The molecular weight excluding hydrogens is 200 g/mol. The van der Waals surface area contributed by atoms with Crippen molar-refractivity contribution >= 4 is 21.4 Å². The Morgan fingerprint density at radius 3 is 2.67 bits per heavy atom. The minimum absolute atomic E-state index is 0.842. The third-order valence-corrected chi connectivity index (χ3v) is 4.54. The zero-order valence-electron chi connectivity index (χ0n) is 8.91. The molecule has 15 heavy (non-hydrogen) atoms. The van der Waals surface area contributed by atoms with Crippen molar-refractivity contribution in [2.75, 3.05) is 0 Å². The lowest BCUT2D eigenvalue weighted by Gasteiger charge is -2.21. The predicted octanol–water partition coefficient (Wildman–Crippen LogP) is 4.95. The zero-order valence-corrected chi connectivity index (χ0v) is 9.72. The molecule has 0 aliphatic heterocycles. The average molecular weight is 216 g/mol. The highest BCUT2D eigenvalue weighted by Gasteiger charge is 2.18. The summed E-state index contributed by atoms with van der Waals surface area (Å²) < 4.78 is 1.46. The van der Waals surface area contributed by atoms with Crippen LogP contribution in [0.1, 0.15) is 43.6 Å². The molecule has 1 aromatic carbocycles. The Morgan fingerprint density at radius 2 is 1.80 bits per heavy atom. The van der Waals surface area contributed by atoms with Crippen molar-refractivity contribution in [3.63, 3.8) is 0 Å². The number of rotatable bonds is 1. The molecule has 1 heterocycles. The van der Waals surface area contributed by atoms with Gasteiger partial charge < -0.3 is 0 Å². The second kappa shape index (κ2) is 3.97. The largest absolute Gasteiger partial charge is 0.144 e. The molecule has 0 nitrogen and oxygen atoms in total. The number of hydrogen-bond donors (Lipinski definition) is 0. The van der Waals surface area contributed by atoms with Gasteiger partial charge in [-0.15, -0.1) is 11.3 Å². The molecule has 0 amide bonds. The Kier molecular flexibility index (Phi) is 2.49. The monoisotopic (exact) mass is 216 g/mol. The van der Waals surface area contributed by atoms with E-state index >= 15 is 0 Å². The Morgan fingerprint density at radius 1 is 1.00 bits per heavy atom. The van der Waals surface area contributed by atoms with Crippen molar-refractivity contribution in [1.82, 2.24) is 0 Å². The van der Waals surface area contributed by atoms with E-state index in [9.17, 15) is 0 Å². The summed E-state index contributed by atoms with van der Waals surface area (Å²) in [7, 11) is 0. The van der Waals surface area contributed by atoms with Crippen molar-refractivity contribution in [1.29, 1.82) is 0 Å². The van der Waals surface area contributed by atoms with Crippen LogP contribution in [-0.2, 0) is 0 Å². The van der Waals surface area contributed by atoms with Crippen LogP contribution in [0.15, 0.2) is 29.6 Å². The standard InChI is InChI=1S/C14H16S/c1-2-6-11(7-3-1)13-10-15-14-9-5-4-8-12(13)14/h4-5,8-11H,1-3,6-7H2. The highest BCUT2D eigenvalue weighted by Crippen LogP contribution is 2.38.